The summed E-state index contributed by atoms with van der Waals surface area (Å²) in [6.45, 7) is 2.36. The van der Waals surface area contributed by atoms with Gasteiger partial charge in [0.1, 0.15) is 0 Å². The number of nitrogens with one attached hydrogen (secondary N) is 2. The Morgan fingerprint density at radius 3 is 2.06 bits per heavy atom. The Hall–Kier alpha value is -0.200. The fourth-order valence-electron chi connectivity index (χ4n) is 2.20. The first-order valence-electron chi connectivity index (χ1n) is 6.64. The second-order valence-electron chi connectivity index (χ2n) is 4.78. The fraction of sp³-hybridized carbons (Fsp3) is 1.00. The molecular weight excluding hydrogens is 220 g/mol. The van der Waals surface area contributed by atoms with Crippen LogP contribution in [0.3, 0.4) is 0 Å². The first-order valence-corrected chi connectivity index (χ1v) is 6.64. The van der Waals surface area contributed by atoms with E-state index >= 15 is 0 Å². The summed E-state index contributed by atoms with van der Waals surface area (Å²) in [5.41, 5.74) is 0. The number of rotatable bonds is 2. The van der Waals surface area contributed by atoms with Gasteiger partial charge in [-0.1, -0.05) is 6.42 Å². The largest absolute Gasteiger partial charge is 0.395 e. The Labute approximate surface area is 103 Å². The monoisotopic (exact) mass is 246 g/mol. The van der Waals surface area contributed by atoms with E-state index in [4.69, 9.17) is 15.3 Å². The highest BCUT2D eigenvalue weighted by Gasteiger charge is 2.20. The van der Waals surface area contributed by atoms with Gasteiger partial charge in [0.05, 0.1) is 25.4 Å². The van der Waals surface area contributed by atoms with E-state index in [-0.39, 0.29) is 18.8 Å². The maximum absolute atomic E-state index is 9.15. The van der Waals surface area contributed by atoms with Crippen LogP contribution in [0.2, 0.25) is 0 Å². The number of aliphatic hydroxyl groups is 3. The molecule has 3 atom stereocenters. The number of hydrogen-bond donors (Lipinski definition) is 5. The average Bonchev–Trinajstić information content (AvgIpc) is 2.41. The van der Waals surface area contributed by atoms with Gasteiger partial charge >= 0.3 is 0 Å². The smallest absolute Gasteiger partial charge is 0.0716 e. The Morgan fingerprint density at radius 2 is 1.65 bits per heavy atom. The van der Waals surface area contributed by atoms with Gasteiger partial charge in [-0.25, -0.2) is 0 Å². The summed E-state index contributed by atoms with van der Waals surface area (Å²) in [6.07, 6.45) is 5.19. The molecule has 0 saturated carbocycles. The van der Waals surface area contributed by atoms with Crippen molar-refractivity contribution < 1.29 is 15.3 Å². The van der Waals surface area contributed by atoms with Crippen molar-refractivity contribution >= 4 is 0 Å². The van der Waals surface area contributed by atoms with Crippen LogP contribution >= 0.6 is 0 Å². The van der Waals surface area contributed by atoms with Gasteiger partial charge in [0, 0.05) is 6.04 Å². The molecule has 2 aliphatic heterocycles. The zero-order valence-corrected chi connectivity index (χ0v) is 10.4. The normalized spacial score (nSPS) is 33.7. The molecule has 0 aliphatic carbocycles. The van der Waals surface area contributed by atoms with E-state index in [0.29, 0.717) is 12.6 Å². The SMILES string of the molecule is OCC1CCCCN1.OCC1NCCCC1O. The van der Waals surface area contributed by atoms with Crippen molar-refractivity contribution in [3.05, 3.63) is 0 Å². The van der Waals surface area contributed by atoms with Crippen LogP contribution in [0.5, 0.6) is 0 Å². The first kappa shape index (κ1) is 14.9. The van der Waals surface area contributed by atoms with Crippen molar-refractivity contribution in [2.24, 2.45) is 0 Å². The van der Waals surface area contributed by atoms with Gasteiger partial charge in [-0.05, 0) is 38.8 Å². The molecule has 0 amide bonds. The van der Waals surface area contributed by atoms with Crippen molar-refractivity contribution in [1.82, 2.24) is 10.6 Å². The number of piperidine rings is 2. The predicted molar refractivity (Wildman–Crippen MR) is 66.8 cm³/mol. The van der Waals surface area contributed by atoms with Crippen LogP contribution in [0, 0.1) is 0 Å². The Kier molecular flexibility index (Phi) is 7.72. The molecule has 5 heteroatoms. The summed E-state index contributed by atoms with van der Waals surface area (Å²) >= 11 is 0. The Morgan fingerprint density at radius 1 is 0.882 bits per heavy atom. The molecule has 2 rings (SSSR count). The lowest BCUT2D eigenvalue weighted by molar-refractivity contribution is 0.0649. The molecule has 0 radical (unpaired) electrons. The van der Waals surface area contributed by atoms with Crippen molar-refractivity contribution in [3.63, 3.8) is 0 Å². The number of hydrogen-bond acceptors (Lipinski definition) is 5. The van der Waals surface area contributed by atoms with Gasteiger partial charge in [0.15, 0.2) is 0 Å². The summed E-state index contributed by atoms with van der Waals surface area (Å²) in [6, 6.07) is 0.308. The summed E-state index contributed by atoms with van der Waals surface area (Å²) in [5.74, 6) is 0. The quantitative estimate of drug-likeness (QED) is 0.441. The van der Waals surface area contributed by atoms with Crippen LogP contribution in [0.4, 0.5) is 0 Å². The highest BCUT2D eigenvalue weighted by Crippen LogP contribution is 2.06. The van der Waals surface area contributed by atoms with Gasteiger partial charge in [-0.2, -0.15) is 0 Å². The second kappa shape index (κ2) is 8.83. The maximum Gasteiger partial charge on any atom is 0.0716 e. The lowest BCUT2D eigenvalue weighted by atomic mass is 10.0. The lowest BCUT2D eigenvalue weighted by Gasteiger charge is -2.26. The van der Waals surface area contributed by atoms with E-state index < -0.39 is 0 Å². The molecule has 0 aromatic heterocycles. The van der Waals surface area contributed by atoms with Crippen molar-refractivity contribution in [2.45, 2.75) is 50.3 Å². The highest BCUT2D eigenvalue weighted by molar-refractivity contribution is 4.79. The molecule has 3 unspecified atom stereocenters. The van der Waals surface area contributed by atoms with Crippen LogP contribution in [0.15, 0.2) is 0 Å². The van der Waals surface area contributed by atoms with Gasteiger partial charge in [-0.3, -0.25) is 0 Å². The summed E-state index contributed by atoms with van der Waals surface area (Å²) < 4.78 is 0. The Balaban J connectivity index is 0.000000171. The maximum atomic E-state index is 9.15. The third kappa shape index (κ3) is 5.79. The van der Waals surface area contributed by atoms with Crippen molar-refractivity contribution in [2.75, 3.05) is 26.3 Å². The van der Waals surface area contributed by atoms with Crippen LogP contribution < -0.4 is 10.6 Å². The number of aliphatic hydroxyl groups excluding tert-OH is 3. The van der Waals surface area contributed by atoms with E-state index in [2.05, 4.69) is 10.6 Å². The average molecular weight is 246 g/mol. The molecule has 2 aliphatic rings. The van der Waals surface area contributed by atoms with E-state index in [1.54, 1.807) is 0 Å². The van der Waals surface area contributed by atoms with Crippen LogP contribution in [0.25, 0.3) is 0 Å². The van der Waals surface area contributed by atoms with Crippen molar-refractivity contribution in [1.29, 1.82) is 0 Å². The van der Waals surface area contributed by atoms with E-state index in [0.717, 1.165) is 32.4 Å². The van der Waals surface area contributed by atoms with Crippen LogP contribution in [0.1, 0.15) is 32.1 Å². The molecule has 17 heavy (non-hydrogen) atoms. The zero-order valence-electron chi connectivity index (χ0n) is 10.4. The molecule has 0 aromatic rings. The third-order valence-electron chi connectivity index (χ3n) is 3.38. The molecule has 5 N–H and O–H groups in total. The molecular formula is C12H26N2O3. The van der Waals surface area contributed by atoms with E-state index in [1.807, 2.05) is 0 Å². The Bertz CT molecular complexity index is 187. The summed E-state index contributed by atoms with van der Waals surface area (Å²) in [7, 11) is 0. The molecule has 2 heterocycles. The molecule has 0 spiro atoms. The van der Waals surface area contributed by atoms with Crippen LogP contribution in [-0.4, -0.2) is 59.8 Å². The van der Waals surface area contributed by atoms with Gasteiger partial charge in [0.2, 0.25) is 0 Å². The minimum absolute atomic E-state index is 0.0428. The van der Waals surface area contributed by atoms with E-state index in [9.17, 15) is 0 Å². The molecule has 0 bridgehead atoms. The highest BCUT2D eigenvalue weighted by atomic mass is 16.3. The zero-order chi connectivity index (χ0) is 12.5. The molecule has 0 aromatic carbocycles. The minimum Gasteiger partial charge on any atom is -0.395 e. The molecule has 102 valence electrons. The molecule has 5 nitrogen and oxygen atoms in total. The lowest BCUT2D eigenvalue weighted by Crippen LogP contribution is -2.46. The molecule has 2 fully saturated rings. The van der Waals surface area contributed by atoms with Gasteiger partial charge in [-0.15, -0.1) is 0 Å². The minimum atomic E-state index is -0.344. The topological polar surface area (TPSA) is 84.8 Å². The summed E-state index contributed by atoms with van der Waals surface area (Å²) in [4.78, 5) is 0. The fourth-order valence-corrected chi connectivity index (χ4v) is 2.20. The molecule has 2 saturated heterocycles. The van der Waals surface area contributed by atoms with Crippen LogP contribution in [-0.2, 0) is 0 Å². The standard InChI is InChI=1S/C6H13NO2.C6H13NO/c8-4-5-6(9)2-1-3-7-5;8-5-6-3-1-2-4-7-6/h5-9H,1-4H2;6-8H,1-5H2. The first-order chi connectivity index (χ1) is 8.27. The third-order valence-corrected chi connectivity index (χ3v) is 3.38. The second-order valence-corrected chi connectivity index (χ2v) is 4.78. The van der Waals surface area contributed by atoms with Gasteiger partial charge in [0.25, 0.3) is 0 Å². The van der Waals surface area contributed by atoms with E-state index in [1.165, 1.54) is 12.8 Å². The predicted octanol–water partition coefficient (Wildman–Crippen LogP) is -0.788. The van der Waals surface area contributed by atoms with Crippen molar-refractivity contribution in [3.8, 4) is 0 Å². The van der Waals surface area contributed by atoms with Gasteiger partial charge < -0.3 is 26.0 Å². The summed E-state index contributed by atoms with van der Waals surface area (Å²) in [5, 5.41) is 32.7.